The highest BCUT2D eigenvalue weighted by Crippen LogP contribution is 2.34. The highest BCUT2D eigenvalue weighted by Gasteiger charge is 2.17. The van der Waals surface area contributed by atoms with E-state index in [0.717, 1.165) is 17.4 Å². The lowest BCUT2D eigenvalue weighted by atomic mass is 10.1. The van der Waals surface area contributed by atoms with E-state index in [4.69, 9.17) is 0 Å². The van der Waals surface area contributed by atoms with E-state index in [2.05, 4.69) is 80.5 Å². The maximum Gasteiger partial charge on any atom is 0.0702 e. The minimum atomic E-state index is 0.261. The lowest BCUT2D eigenvalue weighted by molar-refractivity contribution is 0.604. The molecular weight excluding hydrogens is 374 g/mol. The van der Waals surface area contributed by atoms with Crippen molar-refractivity contribution in [1.82, 2.24) is 5.32 Å². The van der Waals surface area contributed by atoms with Crippen LogP contribution in [0.2, 0.25) is 0 Å². The van der Waals surface area contributed by atoms with Gasteiger partial charge >= 0.3 is 0 Å². The Morgan fingerprint density at radius 2 is 1.94 bits per heavy atom. The van der Waals surface area contributed by atoms with Gasteiger partial charge < -0.3 is 5.32 Å². The van der Waals surface area contributed by atoms with E-state index in [1.54, 1.807) is 11.3 Å². The van der Waals surface area contributed by atoms with E-state index in [0.29, 0.717) is 0 Å². The first-order chi connectivity index (χ1) is 8.72. The molecular formula is C14H15Br2NS. The van der Waals surface area contributed by atoms with Gasteiger partial charge in [0.15, 0.2) is 0 Å². The quantitative estimate of drug-likeness (QED) is 0.726. The molecule has 4 heteroatoms. The third-order valence-electron chi connectivity index (χ3n) is 2.69. The molecule has 0 bridgehead atoms. The number of halogens is 2. The number of benzene rings is 1. The average Bonchev–Trinajstić information content (AvgIpc) is 2.78. The first-order valence-electron chi connectivity index (χ1n) is 5.95. The van der Waals surface area contributed by atoms with Crippen LogP contribution in [0, 0.1) is 0 Å². The van der Waals surface area contributed by atoms with Crippen molar-refractivity contribution in [3.63, 3.8) is 0 Å². The molecule has 1 unspecified atom stereocenters. The molecule has 0 fully saturated rings. The van der Waals surface area contributed by atoms with Gasteiger partial charge in [0.05, 0.1) is 9.83 Å². The molecule has 18 heavy (non-hydrogen) atoms. The maximum absolute atomic E-state index is 3.65. The summed E-state index contributed by atoms with van der Waals surface area (Å²) < 4.78 is 2.33. The Balaban J connectivity index is 2.33. The summed E-state index contributed by atoms with van der Waals surface area (Å²) in [4.78, 5) is 1.34. The van der Waals surface area contributed by atoms with Gasteiger partial charge in [-0.2, -0.15) is 0 Å². The Labute approximate surface area is 129 Å². The molecule has 1 N–H and O–H groups in total. The highest BCUT2D eigenvalue weighted by molar-refractivity contribution is 9.11. The van der Waals surface area contributed by atoms with Gasteiger partial charge in [0.2, 0.25) is 0 Å². The molecule has 1 nitrogen and oxygen atoms in total. The SMILES string of the molecule is CCCNC(c1ccc(Br)s1)c1ccccc1Br. The second-order valence-electron chi connectivity index (χ2n) is 4.05. The van der Waals surface area contributed by atoms with Crippen LogP contribution in [0.3, 0.4) is 0 Å². The molecule has 0 saturated heterocycles. The molecule has 96 valence electrons. The standard InChI is InChI=1S/C14H15Br2NS/c1-2-9-17-14(12-7-8-13(16)18-12)10-5-3-4-6-11(10)15/h3-8,14,17H,2,9H2,1H3. The Morgan fingerprint density at radius 3 is 2.56 bits per heavy atom. The van der Waals surface area contributed by atoms with E-state index in [-0.39, 0.29) is 6.04 Å². The first kappa shape index (κ1) is 14.3. The molecule has 0 aliphatic heterocycles. The Hall–Kier alpha value is -0.160. The Morgan fingerprint density at radius 1 is 1.17 bits per heavy atom. The van der Waals surface area contributed by atoms with E-state index < -0.39 is 0 Å². The van der Waals surface area contributed by atoms with E-state index in [1.807, 2.05) is 0 Å². The molecule has 0 radical (unpaired) electrons. The molecule has 2 aromatic rings. The summed E-state index contributed by atoms with van der Waals surface area (Å²) in [6.07, 6.45) is 1.13. The summed E-state index contributed by atoms with van der Waals surface area (Å²) in [5, 5.41) is 3.62. The first-order valence-corrected chi connectivity index (χ1v) is 8.35. The molecule has 1 heterocycles. The van der Waals surface area contributed by atoms with Crippen LogP contribution in [0.5, 0.6) is 0 Å². The summed E-state index contributed by atoms with van der Waals surface area (Å²) in [7, 11) is 0. The van der Waals surface area contributed by atoms with Crippen molar-refractivity contribution in [3.05, 3.63) is 55.1 Å². The molecule has 1 atom stereocenters. The van der Waals surface area contributed by atoms with Crippen LogP contribution in [0.25, 0.3) is 0 Å². The van der Waals surface area contributed by atoms with Gasteiger partial charge in [-0.3, -0.25) is 0 Å². The summed E-state index contributed by atoms with van der Waals surface area (Å²) >= 11 is 8.97. The summed E-state index contributed by atoms with van der Waals surface area (Å²) in [6, 6.07) is 13.0. The number of nitrogens with one attached hydrogen (secondary N) is 1. The van der Waals surface area contributed by atoms with Crippen LogP contribution < -0.4 is 5.32 Å². The third kappa shape index (κ3) is 3.44. The topological polar surface area (TPSA) is 12.0 Å². The Kier molecular flexibility index (Phi) is 5.42. The van der Waals surface area contributed by atoms with Crippen molar-refractivity contribution in [3.8, 4) is 0 Å². The molecule has 0 aliphatic rings. The van der Waals surface area contributed by atoms with Crippen molar-refractivity contribution in [2.45, 2.75) is 19.4 Å². The molecule has 0 aliphatic carbocycles. The predicted molar refractivity (Wildman–Crippen MR) is 86.3 cm³/mol. The van der Waals surface area contributed by atoms with Gasteiger partial charge in [-0.25, -0.2) is 0 Å². The summed E-state index contributed by atoms with van der Waals surface area (Å²) in [6.45, 7) is 3.20. The fourth-order valence-corrected chi connectivity index (χ4v) is 3.88. The largest absolute Gasteiger partial charge is 0.306 e. The normalized spacial score (nSPS) is 12.6. The molecule has 0 amide bonds. The van der Waals surface area contributed by atoms with E-state index >= 15 is 0 Å². The van der Waals surface area contributed by atoms with Gasteiger partial charge in [-0.1, -0.05) is 41.1 Å². The van der Waals surface area contributed by atoms with Gasteiger partial charge in [-0.15, -0.1) is 11.3 Å². The molecule has 1 aromatic carbocycles. The minimum absolute atomic E-state index is 0.261. The van der Waals surface area contributed by atoms with Crippen molar-refractivity contribution >= 4 is 43.2 Å². The zero-order valence-corrected chi connectivity index (χ0v) is 14.1. The third-order valence-corrected chi connectivity index (χ3v) is 5.10. The molecule has 0 spiro atoms. The van der Waals surface area contributed by atoms with E-state index in [9.17, 15) is 0 Å². The number of rotatable bonds is 5. The second-order valence-corrected chi connectivity index (χ2v) is 7.40. The monoisotopic (exact) mass is 387 g/mol. The van der Waals surface area contributed by atoms with Crippen molar-refractivity contribution < 1.29 is 0 Å². The Bertz CT molecular complexity index is 510. The van der Waals surface area contributed by atoms with Crippen LogP contribution in [0.1, 0.15) is 29.8 Å². The van der Waals surface area contributed by atoms with Crippen molar-refractivity contribution in [1.29, 1.82) is 0 Å². The van der Waals surface area contributed by atoms with Crippen LogP contribution in [0.4, 0.5) is 0 Å². The van der Waals surface area contributed by atoms with Gasteiger partial charge in [0, 0.05) is 9.35 Å². The van der Waals surface area contributed by atoms with Crippen molar-refractivity contribution in [2.75, 3.05) is 6.54 Å². The van der Waals surface area contributed by atoms with Crippen LogP contribution >= 0.6 is 43.2 Å². The van der Waals surface area contributed by atoms with Gasteiger partial charge in [-0.05, 0) is 52.7 Å². The van der Waals surface area contributed by atoms with Crippen LogP contribution in [-0.4, -0.2) is 6.54 Å². The van der Waals surface area contributed by atoms with Crippen LogP contribution in [-0.2, 0) is 0 Å². The van der Waals surface area contributed by atoms with E-state index in [1.165, 1.54) is 14.2 Å². The zero-order valence-electron chi connectivity index (χ0n) is 10.1. The van der Waals surface area contributed by atoms with Crippen LogP contribution in [0.15, 0.2) is 44.7 Å². The lowest BCUT2D eigenvalue weighted by Crippen LogP contribution is -2.22. The molecule has 2 rings (SSSR count). The zero-order chi connectivity index (χ0) is 13.0. The smallest absolute Gasteiger partial charge is 0.0702 e. The minimum Gasteiger partial charge on any atom is -0.306 e. The van der Waals surface area contributed by atoms with Crippen molar-refractivity contribution in [2.24, 2.45) is 0 Å². The summed E-state index contributed by atoms with van der Waals surface area (Å²) in [5.41, 5.74) is 1.29. The molecule has 0 saturated carbocycles. The van der Waals surface area contributed by atoms with Gasteiger partial charge in [0.25, 0.3) is 0 Å². The second kappa shape index (κ2) is 6.85. The number of thiophene rings is 1. The fraction of sp³-hybridized carbons (Fsp3) is 0.286. The summed E-state index contributed by atoms with van der Waals surface area (Å²) in [5.74, 6) is 0. The number of hydrogen-bond donors (Lipinski definition) is 1. The highest BCUT2D eigenvalue weighted by atomic mass is 79.9. The fourth-order valence-electron chi connectivity index (χ4n) is 1.85. The average molecular weight is 389 g/mol. The lowest BCUT2D eigenvalue weighted by Gasteiger charge is -2.19. The number of hydrogen-bond acceptors (Lipinski definition) is 2. The molecule has 1 aromatic heterocycles. The maximum atomic E-state index is 3.65. The predicted octanol–water partition coefficient (Wildman–Crippen LogP) is 5.36. The van der Waals surface area contributed by atoms with Gasteiger partial charge in [0.1, 0.15) is 0 Å².